The number of aromatic nitrogens is 4. The van der Waals surface area contributed by atoms with Crippen LogP contribution in [0.25, 0.3) is 11.6 Å². The maximum absolute atomic E-state index is 12.7. The van der Waals surface area contributed by atoms with Gasteiger partial charge in [-0.25, -0.2) is 0 Å². The van der Waals surface area contributed by atoms with Gasteiger partial charge in [0.2, 0.25) is 11.8 Å². The monoisotopic (exact) mass is 422 g/mol. The van der Waals surface area contributed by atoms with Crippen molar-refractivity contribution in [1.82, 2.24) is 29.8 Å². The maximum atomic E-state index is 12.7. The number of rotatable bonds is 7. The number of aryl methyl sites for hydroxylation is 4. The summed E-state index contributed by atoms with van der Waals surface area (Å²) in [6.45, 7) is 11.0. The molecule has 4 rings (SSSR count). The molecule has 164 valence electrons. The highest BCUT2D eigenvalue weighted by atomic mass is 16.4. The van der Waals surface area contributed by atoms with E-state index in [9.17, 15) is 4.79 Å². The van der Waals surface area contributed by atoms with Crippen molar-refractivity contribution in [3.63, 3.8) is 0 Å². The molecule has 1 fully saturated rings. The van der Waals surface area contributed by atoms with Crippen molar-refractivity contribution in [3.8, 4) is 11.6 Å². The van der Waals surface area contributed by atoms with Crippen molar-refractivity contribution in [1.29, 1.82) is 0 Å². The topological polar surface area (TPSA) is 80.3 Å². The van der Waals surface area contributed by atoms with Crippen LogP contribution in [0.4, 0.5) is 0 Å². The Morgan fingerprint density at radius 2 is 1.81 bits per heavy atom. The van der Waals surface area contributed by atoms with Crippen molar-refractivity contribution >= 4 is 5.91 Å². The van der Waals surface area contributed by atoms with Gasteiger partial charge in [0.1, 0.15) is 5.69 Å². The van der Waals surface area contributed by atoms with Gasteiger partial charge in [-0.15, -0.1) is 10.2 Å². The minimum Gasteiger partial charge on any atom is -0.419 e. The van der Waals surface area contributed by atoms with Gasteiger partial charge in [-0.05, 0) is 32.4 Å². The minimum atomic E-state index is 0.143. The summed E-state index contributed by atoms with van der Waals surface area (Å²) in [4.78, 5) is 17.0. The number of carbonyl (C=O) groups excluding carboxylic acids is 1. The fraction of sp³-hybridized carbons (Fsp3) is 0.478. The van der Waals surface area contributed by atoms with Gasteiger partial charge in [-0.2, -0.15) is 5.10 Å². The molecule has 1 amide bonds. The lowest BCUT2D eigenvalue weighted by Crippen LogP contribution is -2.48. The van der Waals surface area contributed by atoms with Gasteiger partial charge in [0.05, 0.1) is 5.69 Å². The number of piperazine rings is 1. The molecule has 0 aliphatic carbocycles. The third-order valence-electron chi connectivity index (χ3n) is 5.69. The number of amides is 1. The van der Waals surface area contributed by atoms with Crippen LogP contribution >= 0.6 is 0 Å². The average molecular weight is 423 g/mol. The van der Waals surface area contributed by atoms with E-state index < -0.39 is 0 Å². The van der Waals surface area contributed by atoms with Crippen molar-refractivity contribution in [2.45, 2.75) is 46.7 Å². The number of hydrogen-bond acceptors (Lipinski definition) is 6. The second-order valence-electron chi connectivity index (χ2n) is 8.13. The van der Waals surface area contributed by atoms with Crippen molar-refractivity contribution in [2.24, 2.45) is 0 Å². The summed E-state index contributed by atoms with van der Waals surface area (Å²) >= 11 is 0. The average Bonchev–Trinajstić information content (AvgIpc) is 3.40. The Kier molecular flexibility index (Phi) is 6.46. The number of benzene rings is 1. The summed E-state index contributed by atoms with van der Waals surface area (Å²) < 4.78 is 7.63. The standard InChI is InChI=1S/C23H30N6O2/c1-4-29-20(15-18(3)26-29)23-25-24-21(31-23)9-10-22(30)28-13-11-27(12-14-28)16-19-7-5-17(2)6-8-19/h5-8,15H,4,9-14,16H2,1-3H3. The van der Waals surface area contributed by atoms with Gasteiger partial charge in [-0.3, -0.25) is 14.4 Å². The number of hydrogen-bond donors (Lipinski definition) is 0. The molecular weight excluding hydrogens is 392 g/mol. The van der Waals surface area contributed by atoms with Gasteiger partial charge in [0.15, 0.2) is 0 Å². The molecule has 0 spiro atoms. The molecule has 2 aromatic heterocycles. The molecular formula is C23H30N6O2. The van der Waals surface area contributed by atoms with E-state index in [1.54, 1.807) is 0 Å². The molecule has 0 atom stereocenters. The molecule has 8 nitrogen and oxygen atoms in total. The van der Waals surface area contributed by atoms with E-state index in [2.05, 4.69) is 51.4 Å². The van der Waals surface area contributed by atoms with Gasteiger partial charge in [-0.1, -0.05) is 29.8 Å². The summed E-state index contributed by atoms with van der Waals surface area (Å²) in [6, 6.07) is 10.6. The molecule has 1 saturated heterocycles. The molecule has 8 heteroatoms. The van der Waals surface area contributed by atoms with Crippen LogP contribution in [0.3, 0.4) is 0 Å². The van der Waals surface area contributed by atoms with Gasteiger partial charge in [0.25, 0.3) is 5.89 Å². The zero-order chi connectivity index (χ0) is 21.8. The van der Waals surface area contributed by atoms with E-state index in [0.717, 1.165) is 50.7 Å². The smallest absolute Gasteiger partial charge is 0.265 e. The minimum absolute atomic E-state index is 0.143. The first-order chi connectivity index (χ1) is 15.0. The molecule has 0 unspecified atom stereocenters. The molecule has 0 radical (unpaired) electrons. The predicted octanol–water partition coefficient (Wildman–Crippen LogP) is 2.85. The molecule has 31 heavy (non-hydrogen) atoms. The second-order valence-corrected chi connectivity index (χ2v) is 8.13. The van der Waals surface area contributed by atoms with Crippen LogP contribution in [0.15, 0.2) is 34.7 Å². The number of carbonyl (C=O) groups is 1. The van der Waals surface area contributed by atoms with E-state index in [-0.39, 0.29) is 5.91 Å². The van der Waals surface area contributed by atoms with Gasteiger partial charge >= 0.3 is 0 Å². The van der Waals surface area contributed by atoms with E-state index in [1.165, 1.54) is 11.1 Å². The van der Waals surface area contributed by atoms with Crippen LogP contribution in [0, 0.1) is 13.8 Å². The van der Waals surface area contributed by atoms with E-state index in [0.29, 0.717) is 24.6 Å². The lowest BCUT2D eigenvalue weighted by atomic mass is 10.1. The molecule has 1 aliphatic rings. The summed E-state index contributed by atoms with van der Waals surface area (Å²) in [5, 5.41) is 12.7. The van der Waals surface area contributed by atoms with Gasteiger partial charge < -0.3 is 9.32 Å². The zero-order valence-corrected chi connectivity index (χ0v) is 18.5. The normalized spacial score (nSPS) is 14.9. The quantitative estimate of drug-likeness (QED) is 0.582. The highest BCUT2D eigenvalue weighted by Crippen LogP contribution is 2.20. The Bertz CT molecular complexity index is 1020. The molecule has 1 aromatic carbocycles. The Hall–Kier alpha value is -3.00. The Morgan fingerprint density at radius 1 is 1.06 bits per heavy atom. The van der Waals surface area contributed by atoms with Gasteiger partial charge in [0, 0.05) is 52.1 Å². The summed E-state index contributed by atoms with van der Waals surface area (Å²) in [5.41, 5.74) is 4.32. The lowest BCUT2D eigenvalue weighted by Gasteiger charge is -2.34. The predicted molar refractivity (Wildman–Crippen MR) is 117 cm³/mol. The fourth-order valence-corrected chi connectivity index (χ4v) is 3.90. The first-order valence-electron chi connectivity index (χ1n) is 10.9. The Labute approximate surface area is 182 Å². The van der Waals surface area contributed by atoms with Crippen molar-refractivity contribution < 1.29 is 9.21 Å². The van der Waals surface area contributed by atoms with Crippen LogP contribution in [0.5, 0.6) is 0 Å². The molecule has 0 N–H and O–H groups in total. The molecule has 3 heterocycles. The Morgan fingerprint density at radius 3 is 2.52 bits per heavy atom. The second kappa shape index (κ2) is 9.43. The van der Waals surface area contributed by atoms with Crippen LogP contribution in [0.2, 0.25) is 0 Å². The lowest BCUT2D eigenvalue weighted by molar-refractivity contribution is -0.133. The molecule has 1 aliphatic heterocycles. The summed E-state index contributed by atoms with van der Waals surface area (Å²) in [6.07, 6.45) is 0.834. The third-order valence-corrected chi connectivity index (χ3v) is 5.69. The van der Waals surface area contributed by atoms with Crippen molar-refractivity contribution in [3.05, 3.63) is 53.0 Å². The highest BCUT2D eigenvalue weighted by Gasteiger charge is 2.22. The molecule has 0 saturated carbocycles. The first kappa shape index (κ1) is 21.2. The fourth-order valence-electron chi connectivity index (χ4n) is 3.90. The van der Waals surface area contributed by atoms with Crippen LogP contribution in [-0.4, -0.2) is 61.9 Å². The largest absolute Gasteiger partial charge is 0.419 e. The summed E-state index contributed by atoms with van der Waals surface area (Å²) in [5.74, 6) is 1.08. The molecule has 0 bridgehead atoms. The van der Waals surface area contributed by atoms with Crippen molar-refractivity contribution in [2.75, 3.05) is 26.2 Å². The number of nitrogens with zero attached hydrogens (tertiary/aromatic N) is 6. The van der Waals surface area contributed by atoms with Crippen LogP contribution in [0.1, 0.15) is 36.1 Å². The molecule has 3 aromatic rings. The van der Waals surface area contributed by atoms with E-state index >= 15 is 0 Å². The third kappa shape index (κ3) is 5.19. The Balaban J connectivity index is 1.25. The van der Waals surface area contributed by atoms with Crippen LogP contribution in [-0.2, 0) is 24.3 Å². The van der Waals surface area contributed by atoms with E-state index in [4.69, 9.17) is 4.42 Å². The maximum Gasteiger partial charge on any atom is 0.265 e. The SMILES string of the molecule is CCn1nc(C)cc1-c1nnc(CCC(=O)N2CCN(Cc3ccc(C)cc3)CC2)o1. The first-order valence-corrected chi connectivity index (χ1v) is 10.9. The van der Waals surface area contributed by atoms with Crippen LogP contribution < -0.4 is 0 Å². The van der Waals surface area contributed by atoms with E-state index in [1.807, 2.05) is 29.5 Å². The highest BCUT2D eigenvalue weighted by molar-refractivity contribution is 5.76. The zero-order valence-electron chi connectivity index (χ0n) is 18.5. The summed E-state index contributed by atoms with van der Waals surface area (Å²) in [7, 11) is 0.